The maximum absolute atomic E-state index is 13.5. The van der Waals surface area contributed by atoms with E-state index in [-0.39, 0.29) is 22.1 Å². The number of H-pyrrole nitrogens is 1. The number of hydrogen-bond acceptors (Lipinski definition) is 3. The van der Waals surface area contributed by atoms with Crippen LogP contribution in [0.4, 0.5) is 15.9 Å². The first-order valence-corrected chi connectivity index (χ1v) is 5.44. The molecule has 0 aliphatic heterocycles. The number of hydrogen-bond donors (Lipinski definition) is 3. The molecule has 0 spiro atoms. The van der Waals surface area contributed by atoms with E-state index in [1.165, 1.54) is 18.2 Å². The van der Waals surface area contributed by atoms with Crippen molar-refractivity contribution in [2.24, 2.45) is 0 Å². The maximum Gasteiger partial charge on any atom is 0.261 e. The summed E-state index contributed by atoms with van der Waals surface area (Å²) in [4.78, 5) is 11.9. The molecule has 4 N–H and O–H groups in total. The normalized spacial score (nSPS) is 10.4. The van der Waals surface area contributed by atoms with E-state index in [9.17, 15) is 9.18 Å². The molecule has 0 radical (unpaired) electrons. The lowest BCUT2D eigenvalue weighted by Crippen LogP contribution is -2.15. The first-order valence-electron chi connectivity index (χ1n) is 5.06. The number of nitrogen functional groups attached to an aromatic ring is 1. The number of amides is 1. The predicted octanol–water partition coefficient (Wildman–Crippen LogP) is 2.35. The number of benzene rings is 1. The monoisotopic (exact) mass is 268 g/mol. The highest BCUT2D eigenvalue weighted by atomic mass is 35.5. The molecule has 0 atom stereocenters. The van der Waals surface area contributed by atoms with Crippen molar-refractivity contribution in [1.82, 2.24) is 10.2 Å². The Morgan fingerprint density at radius 2 is 2.28 bits per heavy atom. The number of aromatic nitrogens is 2. The number of para-hydroxylation sites is 1. The number of halogens is 2. The van der Waals surface area contributed by atoms with E-state index >= 15 is 0 Å². The lowest BCUT2D eigenvalue weighted by atomic mass is 10.2. The van der Waals surface area contributed by atoms with Gasteiger partial charge in [0, 0.05) is 5.69 Å². The van der Waals surface area contributed by atoms with Crippen molar-refractivity contribution in [3.05, 3.63) is 40.3 Å². The van der Waals surface area contributed by atoms with Gasteiger partial charge in [0.05, 0.1) is 10.7 Å². The molecule has 7 heteroatoms. The van der Waals surface area contributed by atoms with Crippen molar-refractivity contribution >= 4 is 29.0 Å². The van der Waals surface area contributed by atoms with E-state index in [4.69, 9.17) is 17.3 Å². The zero-order valence-corrected chi connectivity index (χ0v) is 10.2. The van der Waals surface area contributed by atoms with Crippen molar-refractivity contribution in [3.8, 4) is 0 Å². The number of carbonyl (C=O) groups excluding carboxylic acids is 1. The Balaban J connectivity index is 2.33. The van der Waals surface area contributed by atoms with Gasteiger partial charge in [-0.1, -0.05) is 17.7 Å². The van der Waals surface area contributed by atoms with Crippen molar-refractivity contribution in [1.29, 1.82) is 0 Å². The highest BCUT2D eigenvalue weighted by Crippen LogP contribution is 2.26. The topological polar surface area (TPSA) is 83.8 Å². The molecule has 0 aliphatic carbocycles. The predicted molar refractivity (Wildman–Crippen MR) is 67.1 cm³/mol. The lowest BCUT2D eigenvalue weighted by Gasteiger charge is -2.08. The van der Waals surface area contributed by atoms with Crippen molar-refractivity contribution in [3.63, 3.8) is 0 Å². The largest absolute Gasteiger partial charge is 0.382 e. The van der Waals surface area contributed by atoms with Gasteiger partial charge in [0.2, 0.25) is 0 Å². The summed E-state index contributed by atoms with van der Waals surface area (Å²) in [6, 6.07) is 4.13. The van der Waals surface area contributed by atoms with Crippen LogP contribution in [0.15, 0.2) is 18.2 Å². The average molecular weight is 269 g/mol. The Bertz CT molecular complexity index is 571. The molecule has 0 aliphatic rings. The fraction of sp³-hybridized carbons (Fsp3) is 0.0909. The number of nitrogens with one attached hydrogen (secondary N) is 2. The number of rotatable bonds is 2. The van der Waals surface area contributed by atoms with Gasteiger partial charge in [-0.25, -0.2) is 4.39 Å². The van der Waals surface area contributed by atoms with Gasteiger partial charge in [0.1, 0.15) is 11.4 Å². The quantitative estimate of drug-likeness (QED) is 0.782. The Labute approximate surface area is 107 Å². The van der Waals surface area contributed by atoms with Gasteiger partial charge in [-0.2, -0.15) is 5.10 Å². The molecule has 1 aromatic heterocycles. The van der Waals surface area contributed by atoms with E-state index in [0.717, 1.165) is 0 Å². The second-order valence-electron chi connectivity index (χ2n) is 3.66. The minimum Gasteiger partial charge on any atom is -0.382 e. The SMILES string of the molecule is Cc1[nH]nc(N)c1C(=O)Nc1c(F)cccc1Cl. The second kappa shape index (κ2) is 4.66. The molecule has 0 bridgehead atoms. The van der Waals surface area contributed by atoms with Crippen LogP contribution in [0.2, 0.25) is 5.02 Å². The van der Waals surface area contributed by atoms with Gasteiger partial charge in [-0.05, 0) is 19.1 Å². The van der Waals surface area contributed by atoms with Crippen LogP contribution in [-0.2, 0) is 0 Å². The van der Waals surface area contributed by atoms with Crippen LogP contribution in [-0.4, -0.2) is 16.1 Å². The smallest absolute Gasteiger partial charge is 0.261 e. The lowest BCUT2D eigenvalue weighted by molar-refractivity contribution is 0.102. The number of anilines is 2. The van der Waals surface area contributed by atoms with Crippen molar-refractivity contribution in [2.75, 3.05) is 11.1 Å². The third kappa shape index (κ3) is 2.14. The zero-order chi connectivity index (χ0) is 13.3. The summed E-state index contributed by atoms with van der Waals surface area (Å²) in [5, 5.41) is 8.75. The van der Waals surface area contributed by atoms with Gasteiger partial charge in [0.25, 0.3) is 5.91 Å². The van der Waals surface area contributed by atoms with Crippen LogP contribution >= 0.6 is 11.6 Å². The maximum atomic E-state index is 13.5. The van der Waals surface area contributed by atoms with E-state index in [1.54, 1.807) is 6.92 Å². The summed E-state index contributed by atoms with van der Waals surface area (Å²) in [6.07, 6.45) is 0. The molecule has 94 valence electrons. The summed E-state index contributed by atoms with van der Waals surface area (Å²) < 4.78 is 13.5. The van der Waals surface area contributed by atoms with Gasteiger partial charge >= 0.3 is 0 Å². The molecule has 1 amide bonds. The number of aryl methyl sites for hydroxylation is 1. The molecule has 1 aromatic carbocycles. The Morgan fingerprint density at radius 3 is 2.83 bits per heavy atom. The summed E-state index contributed by atoms with van der Waals surface area (Å²) in [7, 11) is 0. The zero-order valence-electron chi connectivity index (χ0n) is 9.42. The molecule has 0 saturated heterocycles. The van der Waals surface area contributed by atoms with Crippen LogP contribution in [0, 0.1) is 12.7 Å². The van der Waals surface area contributed by atoms with Crippen LogP contribution in [0.1, 0.15) is 16.1 Å². The summed E-state index contributed by atoms with van der Waals surface area (Å²) in [5.41, 5.74) is 6.14. The Morgan fingerprint density at radius 1 is 1.56 bits per heavy atom. The summed E-state index contributed by atoms with van der Waals surface area (Å²) >= 11 is 5.81. The highest BCUT2D eigenvalue weighted by Gasteiger charge is 2.18. The van der Waals surface area contributed by atoms with Crippen molar-refractivity contribution in [2.45, 2.75) is 6.92 Å². The fourth-order valence-corrected chi connectivity index (χ4v) is 1.74. The van der Waals surface area contributed by atoms with E-state index in [2.05, 4.69) is 15.5 Å². The van der Waals surface area contributed by atoms with Crippen molar-refractivity contribution < 1.29 is 9.18 Å². The molecule has 0 saturated carbocycles. The third-order valence-corrected chi connectivity index (χ3v) is 2.72. The minimum atomic E-state index is -0.615. The van der Waals surface area contributed by atoms with Crippen LogP contribution < -0.4 is 11.1 Å². The third-order valence-electron chi connectivity index (χ3n) is 2.40. The molecular weight excluding hydrogens is 259 g/mol. The van der Waals surface area contributed by atoms with Gasteiger partial charge in [0.15, 0.2) is 5.82 Å². The molecule has 0 unspecified atom stereocenters. The van der Waals surface area contributed by atoms with E-state index in [0.29, 0.717) is 5.69 Å². The Hall–Kier alpha value is -2.08. The van der Waals surface area contributed by atoms with Crippen LogP contribution in [0.5, 0.6) is 0 Å². The molecule has 18 heavy (non-hydrogen) atoms. The summed E-state index contributed by atoms with van der Waals surface area (Å²) in [6.45, 7) is 1.64. The highest BCUT2D eigenvalue weighted by molar-refractivity contribution is 6.34. The van der Waals surface area contributed by atoms with Crippen LogP contribution in [0.25, 0.3) is 0 Å². The molecular formula is C11H10ClFN4O. The second-order valence-corrected chi connectivity index (χ2v) is 4.07. The molecule has 1 heterocycles. The first-order chi connectivity index (χ1) is 8.50. The molecule has 5 nitrogen and oxygen atoms in total. The molecule has 2 rings (SSSR count). The van der Waals surface area contributed by atoms with Crippen LogP contribution in [0.3, 0.4) is 0 Å². The number of nitrogens with zero attached hydrogens (tertiary/aromatic N) is 1. The fourth-order valence-electron chi connectivity index (χ4n) is 1.53. The number of nitrogens with two attached hydrogens (primary N) is 1. The number of carbonyl (C=O) groups is 1. The number of aromatic amines is 1. The Kier molecular flexibility index (Phi) is 3.20. The summed E-state index contributed by atoms with van der Waals surface area (Å²) in [5.74, 6) is -1.13. The average Bonchev–Trinajstić information content (AvgIpc) is 2.64. The van der Waals surface area contributed by atoms with Gasteiger partial charge in [-0.3, -0.25) is 9.89 Å². The van der Waals surface area contributed by atoms with E-state index < -0.39 is 11.7 Å². The minimum absolute atomic E-state index is 0.0532. The van der Waals surface area contributed by atoms with Gasteiger partial charge < -0.3 is 11.1 Å². The molecule has 2 aromatic rings. The first kappa shape index (κ1) is 12.4. The van der Waals surface area contributed by atoms with Gasteiger partial charge in [-0.15, -0.1) is 0 Å². The van der Waals surface area contributed by atoms with E-state index in [1.807, 2.05) is 0 Å². The standard InChI is InChI=1S/C11H10ClFN4O/c1-5-8(10(14)17-16-5)11(18)15-9-6(12)3-2-4-7(9)13/h2-4H,1H3,(H,15,18)(H3,14,16,17). The molecule has 0 fully saturated rings.